The molecule has 1 fully saturated rings. The van der Waals surface area contributed by atoms with E-state index < -0.39 is 43.9 Å². The van der Waals surface area contributed by atoms with Crippen LogP contribution >= 0.6 is 0 Å². The van der Waals surface area contributed by atoms with Crippen LogP contribution in [0.25, 0.3) is 27.7 Å². The number of aryl methyl sites for hydroxylation is 1. The number of rotatable bonds is 6. The van der Waals surface area contributed by atoms with E-state index in [4.69, 9.17) is 8.85 Å². The number of anilines is 1. The van der Waals surface area contributed by atoms with Crippen LogP contribution in [0.4, 0.5) is 23.5 Å². The van der Waals surface area contributed by atoms with Crippen LogP contribution < -0.4 is 10.1 Å². The van der Waals surface area contributed by atoms with Gasteiger partial charge >= 0.3 is 0 Å². The van der Waals surface area contributed by atoms with Crippen LogP contribution in [-0.2, 0) is 6.54 Å². The van der Waals surface area contributed by atoms with Gasteiger partial charge in [0.1, 0.15) is 23.7 Å². The highest BCUT2D eigenvalue weighted by Gasteiger charge is 2.47. The number of nitrogens with zero attached hydrogens (tertiary/aromatic N) is 7. The van der Waals surface area contributed by atoms with Crippen molar-refractivity contribution in [3.63, 3.8) is 0 Å². The molecule has 0 saturated carbocycles. The zero-order valence-electron chi connectivity index (χ0n) is 20.3. The van der Waals surface area contributed by atoms with Crippen molar-refractivity contribution in [3.05, 3.63) is 30.2 Å². The third-order valence-corrected chi connectivity index (χ3v) is 5.54. The fourth-order valence-corrected chi connectivity index (χ4v) is 4.08. The fraction of sp³-hybridized carbons (Fsp3) is 0.400. The van der Waals surface area contributed by atoms with Gasteiger partial charge in [-0.2, -0.15) is 4.98 Å². The van der Waals surface area contributed by atoms with Gasteiger partial charge in [0, 0.05) is 6.54 Å². The molecule has 174 valence electrons. The monoisotopic (exact) mass is 467 g/mol. The molecule has 13 heteroatoms. The number of alkyl halides is 3. The van der Waals surface area contributed by atoms with Crippen molar-refractivity contribution in [3.8, 4) is 17.0 Å². The van der Waals surface area contributed by atoms with Crippen molar-refractivity contribution < 1.29 is 26.4 Å². The largest absolute Gasteiger partial charge is 0.479 e. The number of likely N-dealkylation sites (tertiary alicyclic amines) is 1. The van der Waals surface area contributed by atoms with E-state index in [1.165, 1.54) is 28.8 Å². The Labute approximate surface area is 189 Å². The average Bonchev–Trinajstić information content (AvgIpc) is 3.39. The number of aromatic nitrogens is 6. The molecule has 0 bridgehead atoms. The van der Waals surface area contributed by atoms with E-state index in [1.54, 1.807) is 6.07 Å². The Morgan fingerprint density at radius 3 is 2.94 bits per heavy atom. The molecule has 5 rings (SSSR count). The van der Waals surface area contributed by atoms with Crippen LogP contribution in [0, 0.1) is 5.82 Å². The quantitative estimate of drug-likeness (QED) is 0.437. The molecule has 1 aliphatic rings. The van der Waals surface area contributed by atoms with Crippen LogP contribution in [0.1, 0.15) is 4.11 Å². The lowest BCUT2D eigenvalue weighted by Gasteiger charge is -2.19. The Bertz CT molecular complexity index is 1440. The van der Waals surface area contributed by atoms with E-state index in [1.807, 2.05) is 0 Å². The van der Waals surface area contributed by atoms with E-state index in [-0.39, 0.29) is 35.7 Å². The normalized spacial score (nSPS) is 20.2. The first kappa shape index (κ1) is 18.0. The van der Waals surface area contributed by atoms with Gasteiger partial charge in [-0.1, -0.05) is 11.3 Å². The first-order chi connectivity index (χ1) is 16.9. The van der Waals surface area contributed by atoms with Crippen LogP contribution in [0.2, 0.25) is 0 Å². The molecule has 0 unspecified atom stereocenters. The highest BCUT2D eigenvalue weighted by atomic mass is 19.3. The summed E-state index contributed by atoms with van der Waals surface area (Å²) in [4.78, 5) is 5.43. The minimum atomic E-state index is -3.10. The van der Waals surface area contributed by atoms with Crippen molar-refractivity contribution in [1.82, 2.24) is 34.5 Å². The van der Waals surface area contributed by atoms with Crippen molar-refractivity contribution in [2.24, 2.45) is 0 Å². The number of hydrogen-bond acceptors (Lipinski definition) is 7. The molecule has 0 radical (unpaired) electrons. The average molecular weight is 467 g/mol. The Morgan fingerprint density at radius 2 is 2.21 bits per heavy atom. The Morgan fingerprint density at radius 1 is 1.36 bits per heavy atom. The summed E-state index contributed by atoms with van der Waals surface area (Å²) >= 11 is 0. The van der Waals surface area contributed by atoms with Gasteiger partial charge in [0.25, 0.3) is 5.92 Å². The van der Waals surface area contributed by atoms with Gasteiger partial charge in [-0.3, -0.25) is 4.90 Å². The lowest BCUT2D eigenvalue weighted by atomic mass is 10.1. The summed E-state index contributed by atoms with van der Waals surface area (Å²) in [6, 6.07) is 3.24. The van der Waals surface area contributed by atoms with E-state index >= 15 is 4.39 Å². The molecule has 1 aliphatic heterocycles. The Hall–Kier alpha value is -3.48. The van der Waals surface area contributed by atoms with E-state index in [0.717, 1.165) is 10.7 Å². The zero-order chi connectivity index (χ0) is 25.8. The number of fused-ring (bicyclic) bond motifs is 2. The minimum Gasteiger partial charge on any atom is -0.479 e. The highest BCUT2D eigenvalue weighted by molar-refractivity contribution is 5.89. The maximum Gasteiger partial charge on any atom is 0.281 e. The number of methoxy groups -OCH3 is 1. The van der Waals surface area contributed by atoms with Gasteiger partial charge in [-0.05, 0) is 24.7 Å². The Kier molecular flexibility index (Phi) is 4.27. The molecule has 3 aromatic heterocycles. The summed E-state index contributed by atoms with van der Waals surface area (Å²) in [7, 11) is -1.45. The number of ether oxygens (including phenoxy) is 1. The fourth-order valence-electron chi connectivity index (χ4n) is 4.08. The SMILES string of the molecule is [2H]C([2H])([2H])Oc1nc(N[C@@H]2CN(C)CC2(F)F)nn2cc(F)c(-c3ccc4nnn(CCF)c4c3)c12. The first-order valence-corrected chi connectivity index (χ1v) is 9.95. The van der Waals surface area contributed by atoms with Crippen LogP contribution in [0.5, 0.6) is 5.88 Å². The van der Waals surface area contributed by atoms with Crippen molar-refractivity contribution in [1.29, 1.82) is 0 Å². The second-order valence-corrected chi connectivity index (χ2v) is 7.85. The smallest absolute Gasteiger partial charge is 0.281 e. The maximum absolute atomic E-state index is 15.3. The van der Waals surface area contributed by atoms with E-state index in [0.29, 0.717) is 11.0 Å². The summed E-state index contributed by atoms with van der Waals surface area (Å²) in [6.45, 7) is -1.26. The molecule has 1 aromatic carbocycles. The molecule has 1 saturated heterocycles. The van der Waals surface area contributed by atoms with Crippen LogP contribution in [0.3, 0.4) is 0 Å². The molecule has 0 amide bonds. The standard InChI is InChI=1S/C20H20F4N8O/c1-30-9-15(20(23,24)10-30)25-19-26-18(33-2)17-16(12(22)8-32(17)28-19)11-3-4-13-14(7-11)31(6-5-21)29-27-13/h3-4,7-8,15H,5-6,9-10H2,1-2H3,(H,25,28)/t15-/m1/s1/i2D3. The summed E-state index contributed by atoms with van der Waals surface area (Å²) < 4.78 is 86.7. The number of halogens is 4. The summed E-state index contributed by atoms with van der Waals surface area (Å²) in [6.07, 6.45) is 0.962. The summed E-state index contributed by atoms with van der Waals surface area (Å²) in [5.74, 6) is -4.79. The third kappa shape index (κ3) is 3.61. The molecular formula is C20H20F4N8O. The van der Waals surface area contributed by atoms with Gasteiger partial charge in [-0.25, -0.2) is 26.8 Å². The molecule has 0 aliphatic carbocycles. The first-order valence-electron chi connectivity index (χ1n) is 11.5. The number of nitrogens with one attached hydrogen (secondary N) is 1. The minimum absolute atomic E-state index is 0.0181. The second kappa shape index (κ2) is 7.83. The molecule has 1 atom stereocenters. The van der Waals surface area contributed by atoms with Crippen molar-refractivity contribution in [2.75, 3.05) is 39.2 Å². The van der Waals surface area contributed by atoms with E-state index in [2.05, 4.69) is 25.7 Å². The van der Waals surface area contributed by atoms with Gasteiger partial charge in [0.2, 0.25) is 11.8 Å². The molecule has 1 N–H and O–H groups in total. The summed E-state index contributed by atoms with van der Waals surface area (Å²) in [5, 5.41) is 14.4. The van der Waals surface area contributed by atoms with Crippen molar-refractivity contribution in [2.45, 2.75) is 18.5 Å². The number of benzene rings is 1. The lowest BCUT2D eigenvalue weighted by molar-refractivity contribution is 0.00583. The molecule has 0 spiro atoms. The molecule has 33 heavy (non-hydrogen) atoms. The molecule has 4 aromatic rings. The zero-order valence-corrected chi connectivity index (χ0v) is 17.3. The second-order valence-electron chi connectivity index (χ2n) is 7.85. The molecule has 4 heterocycles. The topological polar surface area (TPSA) is 85.4 Å². The van der Waals surface area contributed by atoms with Gasteiger partial charge < -0.3 is 10.1 Å². The third-order valence-electron chi connectivity index (χ3n) is 5.54. The Balaban J connectivity index is 1.64. The number of likely N-dealkylation sites (N-methyl/N-ethyl adjacent to an activating group) is 1. The lowest BCUT2D eigenvalue weighted by Crippen LogP contribution is -2.38. The van der Waals surface area contributed by atoms with Gasteiger partial charge in [-0.15, -0.1) is 10.2 Å². The van der Waals surface area contributed by atoms with E-state index in [9.17, 15) is 13.2 Å². The number of hydrogen-bond donors (Lipinski definition) is 1. The maximum atomic E-state index is 15.3. The predicted molar refractivity (Wildman–Crippen MR) is 112 cm³/mol. The van der Waals surface area contributed by atoms with Gasteiger partial charge in [0.15, 0.2) is 5.82 Å². The highest BCUT2D eigenvalue weighted by Crippen LogP contribution is 2.36. The van der Waals surface area contributed by atoms with Crippen LogP contribution in [0.15, 0.2) is 24.4 Å². The summed E-state index contributed by atoms with van der Waals surface area (Å²) in [5.41, 5.74) is 0.915. The predicted octanol–water partition coefficient (Wildman–Crippen LogP) is 2.62. The van der Waals surface area contributed by atoms with Crippen LogP contribution in [-0.4, -0.2) is 80.3 Å². The van der Waals surface area contributed by atoms with Crippen molar-refractivity contribution >= 4 is 22.5 Å². The molecular weight excluding hydrogens is 444 g/mol. The molecule has 9 nitrogen and oxygen atoms in total. The van der Waals surface area contributed by atoms with Gasteiger partial charge in [0.05, 0.1) is 41.5 Å².